The van der Waals surface area contributed by atoms with Gasteiger partial charge in [-0.3, -0.25) is 4.79 Å². The van der Waals surface area contributed by atoms with Crippen LogP contribution in [0, 0.1) is 4.77 Å². The quantitative estimate of drug-likeness (QED) is 0.402. The van der Waals surface area contributed by atoms with E-state index in [2.05, 4.69) is 20.4 Å². The van der Waals surface area contributed by atoms with Gasteiger partial charge in [0.2, 0.25) is 4.77 Å². The zero-order chi connectivity index (χ0) is 20.1. The average molecular weight is 394 g/mol. The fraction of sp³-hybridized carbons (Fsp3) is 0.211. The number of hydrogen-bond donors (Lipinski definition) is 2. The SMILES string of the molecule is CC(C)(C)c1nn2c(=S)[nH]nc2n(N=Cc2c(O)ccc3ccccc23)c1=O. The molecule has 2 aromatic heterocycles. The fourth-order valence-electron chi connectivity index (χ4n) is 2.95. The van der Waals surface area contributed by atoms with Crippen LogP contribution in [0.4, 0.5) is 0 Å². The number of nitrogens with zero attached hydrogens (tertiary/aromatic N) is 5. The van der Waals surface area contributed by atoms with Crippen LogP contribution in [0.1, 0.15) is 32.0 Å². The zero-order valence-corrected chi connectivity index (χ0v) is 16.4. The van der Waals surface area contributed by atoms with E-state index in [1.54, 1.807) is 6.07 Å². The van der Waals surface area contributed by atoms with E-state index < -0.39 is 11.0 Å². The van der Waals surface area contributed by atoms with Crippen molar-refractivity contribution >= 4 is 35.0 Å². The number of phenols is 1. The first-order valence-electron chi connectivity index (χ1n) is 8.63. The Kier molecular flexibility index (Phi) is 4.11. The van der Waals surface area contributed by atoms with Crippen molar-refractivity contribution in [2.45, 2.75) is 26.2 Å². The lowest BCUT2D eigenvalue weighted by molar-refractivity contribution is 0.475. The predicted octanol–water partition coefficient (Wildman–Crippen LogP) is 2.99. The maximum Gasteiger partial charge on any atom is 0.298 e. The van der Waals surface area contributed by atoms with E-state index in [-0.39, 0.29) is 16.3 Å². The molecule has 28 heavy (non-hydrogen) atoms. The van der Waals surface area contributed by atoms with Crippen LogP contribution in [0.25, 0.3) is 16.6 Å². The Bertz CT molecular complexity index is 1360. The van der Waals surface area contributed by atoms with Crippen LogP contribution < -0.4 is 5.56 Å². The highest BCUT2D eigenvalue weighted by molar-refractivity contribution is 7.71. The zero-order valence-electron chi connectivity index (χ0n) is 15.5. The molecule has 0 atom stereocenters. The third-order valence-corrected chi connectivity index (χ3v) is 4.64. The summed E-state index contributed by atoms with van der Waals surface area (Å²) < 4.78 is 2.77. The summed E-state index contributed by atoms with van der Waals surface area (Å²) in [7, 11) is 0. The highest BCUT2D eigenvalue weighted by Crippen LogP contribution is 2.25. The number of H-pyrrole nitrogens is 1. The second kappa shape index (κ2) is 6.38. The standard InChI is InChI=1S/C19H18N6O2S/c1-19(2,3)15-16(27)24(17-21-22-18(28)25(17)23-15)20-10-13-12-7-5-4-6-11(12)8-9-14(13)26/h4-10,26H,1-3H3,(H,22,28). The summed E-state index contributed by atoms with van der Waals surface area (Å²) in [5.74, 6) is 0.231. The van der Waals surface area contributed by atoms with Gasteiger partial charge in [0.1, 0.15) is 11.4 Å². The fourth-order valence-corrected chi connectivity index (χ4v) is 3.12. The van der Waals surface area contributed by atoms with E-state index in [9.17, 15) is 9.90 Å². The van der Waals surface area contributed by atoms with Crippen LogP contribution in [-0.4, -0.2) is 35.8 Å². The Morgan fingerprint density at radius 2 is 1.96 bits per heavy atom. The third-order valence-electron chi connectivity index (χ3n) is 4.38. The average Bonchev–Trinajstić information content (AvgIpc) is 3.01. The third kappa shape index (κ3) is 2.89. The summed E-state index contributed by atoms with van der Waals surface area (Å²) in [6.07, 6.45) is 1.45. The van der Waals surface area contributed by atoms with E-state index in [0.717, 1.165) is 15.4 Å². The van der Waals surface area contributed by atoms with Gasteiger partial charge in [-0.1, -0.05) is 51.1 Å². The van der Waals surface area contributed by atoms with E-state index in [4.69, 9.17) is 12.2 Å². The monoisotopic (exact) mass is 394 g/mol. The number of aromatic amines is 1. The van der Waals surface area contributed by atoms with Gasteiger partial charge in [-0.15, -0.1) is 5.10 Å². The van der Waals surface area contributed by atoms with Crippen LogP contribution in [0.3, 0.4) is 0 Å². The van der Waals surface area contributed by atoms with Crippen molar-refractivity contribution in [3.63, 3.8) is 0 Å². The minimum atomic E-state index is -0.518. The molecule has 2 N–H and O–H groups in total. The van der Waals surface area contributed by atoms with E-state index in [1.165, 1.54) is 10.7 Å². The Morgan fingerprint density at radius 1 is 1.21 bits per heavy atom. The van der Waals surface area contributed by atoms with Gasteiger partial charge >= 0.3 is 0 Å². The molecule has 4 rings (SSSR count). The van der Waals surface area contributed by atoms with Gasteiger partial charge in [-0.2, -0.15) is 19.4 Å². The molecule has 0 aliphatic rings. The number of aromatic nitrogens is 5. The van der Waals surface area contributed by atoms with Crippen molar-refractivity contribution < 1.29 is 5.11 Å². The first-order chi connectivity index (χ1) is 13.3. The first kappa shape index (κ1) is 18.1. The minimum absolute atomic E-state index is 0.0653. The smallest absolute Gasteiger partial charge is 0.298 e. The minimum Gasteiger partial charge on any atom is -0.507 e. The Balaban J connectivity index is 1.99. The highest BCUT2D eigenvalue weighted by Gasteiger charge is 2.24. The summed E-state index contributed by atoms with van der Waals surface area (Å²) in [6.45, 7) is 5.66. The molecule has 0 aliphatic heterocycles. The molecule has 0 saturated heterocycles. The molecule has 4 aromatic rings. The van der Waals surface area contributed by atoms with Crippen molar-refractivity contribution in [2.75, 3.05) is 0 Å². The lowest BCUT2D eigenvalue weighted by atomic mass is 9.93. The normalized spacial score (nSPS) is 12.4. The maximum atomic E-state index is 13.0. The van der Waals surface area contributed by atoms with Crippen molar-refractivity contribution in [3.05, 3.63) is 62.8 Å². The molecule has 142 valence electrons. The topological polar surface area (TPSA) is 101 Å². The van der Waals surface area contributed by atoms with Crippen LogP contribution in [0.5, 0.6) is 5.75 Å². The van der Waals surface area contributed by atoms with Crippen LogP contribution in [-0.2, 0) is 5.41 Å². The summed E-state index contributed by atoms with van der Waals surface area (Å²) in [5.41, 5.74) is -0.107. The second-order valence-electron chi connectivity index (χ2n) is 7.42. The van der Waals surface area contributed by atoms with Gasteiger partial charge in [0.05, 0.1) is 6.21 Å². The molecular formula is C19H18N6O2S. The lowest BCUT2D eigenvalue weighted by Crippen LogP contribution is -2.33. The van der Waals surface area contributed by atoms with Gasteiger partial charge in [0.25, 0.3) is 11.3 Å². The van der Waals surface area contributed by atoms with Gasteiger partial charge in [-0.25, -0.2) is 5.10 Å². The van der Waals surface area contributed by atoms with Crippen molar-refractivity contribution in [2.24, 2.45) is 5.10 Å². The Morgan fingerprint density at radius 3 is 2.71 bits per heavy atom. The van der Waals surface area contributed by atoms with E-state index in [1.807, 2.05) is 51.1 Å². The van der Waals surface area contributed by atoms with Gasteiger partial charge in [0, 0.05) is 11.0 Å². The molecule has 2 aromatic carbocycles. The number of benzene rings is 2. The second-order valence-corrected chi connectivity index (χ2v) is 7.81. The van der Waals surface area contributed by atoms with Gasteiger partial charge in [-0.05, 0) is 29.1 Å². The molecule has 0 aliphatic carbocycles. The van der Waals surface area contributed by atoms with Crippen molar-refractivity contribution in [1.82, 2.24) is 24.5 Å². The molecular weight excluding hydrogens is 376 g/mol. The van der Waals surface area contributed by atoms with E-state index >= 15 is 0 Å². The molecule has 9 heteroatoms. The molecule has 0 fully saturated rings. The number of nitrogens with one attached hydrogen (secondary N) is 1. The largest absolute Gasteiger partial charge is 0.507 e. The highest BCUT2D eigenvalue weighted by atomic mass is 32.1. The molecule has 0 amide bonds. The number of hydrogen-bond acceptors (Lipinski definition) is 6. The lowest BCUT2D eigenvalue weighted by Gasteiger charge is -2.17. The summed E-state index contributed by atoms with van der Waals surface area (Å²) in [6, 6.07) is 11.0. The summed E-state index contributed by atoms with van der Waals surface area (Å²) in [5, 5.41) is 27.5. The van der Waals surface area contributed by atoms with Crippen LogP contribution in [0.15, 0.2) is 46.3 Å². The number of aromatic hydroxyl groups is 1. The number of rotatable bonds is 2. The predicted molar refractivity (Wildman–Crippen MR) is 110 cm³/mol. The van der Waals surface area contributed by atoms with Crippen LogP contribution in [0.2, 0.25) is 0 Å². The molecule has 0 saturated carbocycles. The Labute approximate surface area is 164 Å². The summed E-state index contributed by atoms with van der Waals surface area (Å²) in [4.78, 5) is 13.0. The molecule has 0 spiro atoms. The number of phenolic OH excluding ortho intramolecular Hbond substituents is 1. The Hall–Kier alpha value is -3.33. The first-order valence-corrected chi connectivity index (χ1v) is 9.04. The summed E-state index contributed by atoms with van der Waals surface area (Å²) >= 11 is 5.21. The van der Waals surface area contributed by atoms with Gasteiger partial charge in [0.15, 0.2) is 0 Å². The van der Waals surface area contributed by atoms with Crippen molar-refractivity contribution in [3.8, 4) is 5.75 Å². The molecule has 0 radical (unpaired) electrons. The maximum absolute atomic E-state index is 13.0. The number of fused-ring (bicyclic) bond motifs is 2. The van der Waals surface area contributed by atoms with Crippen molar-refractivity contribution in [1.29, 1.82) is 0 Å². The molecule has 2 heterocycles. The molecule has 0 unspecified atom stereocenters. The molecule has 0 bridgehead atoms. The van der Waals surface area contributed by atoms with E-state index in [0.29, 0.717) is 11.3 Å². The van der Waals surface area contributed by atoms with Gasteiger partial charge < -0.3 is 5.11 Å². The van der Waals surface area contributed by atoms with Crippen LogP contribution >= 0.6 is 12.2 Å². The molecule has 8 nitrogen and oxygen atoms in total.